The highest BCUT2D eigenvalue weighted by Gasteiger charge is 2.41. The van der Waals surface area contributed by atoms with Crippen LogP contribution in [-0.2, 0) is 15.6 Å². The van der Waals surface area contributed by atoms with Crippen LogP contribution >= 0.6 is 0 Å². The fourth-order valence-corrected chi connectivity index (χ4v) is 5.16. The number of rotatable bonds is 3. The summed E-state index contributed by atoms with van der Waals surface area (Å²) in [6, 6.07) is 17.3. The number of hydrogen-bond acceptors (Lipinski definition) is 3. The van der Waals surface area contributed by atoms with Gasteiger partial charge < -0.3 is 0 Å². The number of para-hydroxylation sites is 2. The Morgan fingerprint density at radius 3 is 2.69 bits per heavy atom. The van der Waals surface area contributed by atoms with Crippen molar-refractivity contribution in [2.45, 2.75) is 30.4 Å². The average molecular weight is 364 g/mol. The Balaban J connectivity index is 1.91. The van der Waals surface area contributed by atoms with Crippen LogP contribution in [0.4, 0.5) is 11.4 Å². The first-order chi connectivity index (χ1) is 12.6. The van der Waals surface area contributed by atoms with Crippen molar-refractivity contribution in [1.82, 2.24) is 4.98 Å². The van der Waals surface area contributed by atoms with Crippen LogP contribution in [0.3, 0.4) is 0 Å². The van der Waals surface area contributed by atoms with E-state index in [0.717, 1.165) is 17.3 Å². The summed E-state index contributed by atoms with van der Waals surface area (Å²) in [6.45, 7) is 4.02. The summed E-state index contributed by atoms with van der Waals surface area (Å²) >= 11 is 0. The zero-order valence-corrected chi connectivity index (χ0v) is 15.6. The second kappa shape index (κ2) is 6.65. The molecule has 3 aromatic rings. The lowest BCUT2D eigenvalue weighted by Crippen LogP contribution is -2.46. The van der Waals surface area contributed by atoms with E-state index in [1.807, 2.05) is 68.4 Å². The number of hydrogen-bond donors (Lipinski definition) is 0. The van der Waals surface area contributed by atoms with Crippen molar-refractivity contribution in [3.05, 3.63) is 60.8 Å². The normalized spacial score (nSPS) is 20.8. The first-order valence-corrected chi connectivity index (χ1v) is 10.0. The Morgan fingerprint density at radius 2 is 1.88 bits per heavy atom. The van der Waals surface area contributed by atoms with Gasteiger partial charge in [-0.15, -0.1) is 0 Å². The van der Waals surface area contributed by atoms with Crippen molar-refractivity contribution < 1.29 is 9.00 Å². The highest BCUT2D eigenvalue weighted by Crippen LogP contribution is 2.39. The molecule has 1 amide bonds. The number of carbonyl (C=O) groups excluding carboxylic acids is 1. The van der Waals surface area contributed by atoms with Gasteiger partial charge >= 0.3 is 0 Å². The monoisotopic (exact) mass is 364 g/mol. The van der Waals surface area contributed by atoms with Gasteiger partial charge in [-0.05, 0) is 30.2 Å². The molecule has 0 saturated carbocycles. The van der Waals surface area contributed by atoms with E-state index in [0.29, 0.717) is 16.3 Å². The molecule has 1 aliphatic rings. The van der Waals surface area contributed by atoms with Crippen LogP contribution < -0.4 is 4.90 Å². The summed E-state index contributed by atoms with van der Waals surface area (Å²) in [4.78, 5) is 20.2. The third-order valence-electron chi connectivity index (χ3n) is 5.01. The molecule has 2 aromatic carbocycles. The maximum Gasteiger partial charge on any atom is 0.248 e. The molecule has 3 unspecified atom stereocenters. The highest BCUT2D eigenvalue weighted by atomic mass is 32.2. The number of fused-ring (bicyclic) bond motifs is 2. The number of benzene rings is 2. The second-order valence-corrected chi connectivity index (χ2v) is 8.17. The zero-order valence-electron chi connectivity index (χ0n) is 14.8. The Labute approximate surface area is 155 Å². The van der Waals surface area contributed by atoms with Gasteiger partial charge in [0.15, 0.2) is 0 Å². The summed E-state index contributed by atoms with van der Waals surface area (Å²) in [5, 5.41) is 0.434. The molecule has 0 aliphatic carbocycles. The molecule has 0 saturated heterocycles. The van der Waals surface area contributed by atoms with Crippen molar-refractivity contribution >= 4 is 39.0 Å². The maximum absolute atomic E-state index is 13.3. The lowest BCUT2D eigenvalue weighted by atomic mass is 10.0. The molecule has 0 spiro atoms. The molecular weight excluding hydrogens is 344 g/mol. The predicted molar refractivity (Wildman–Crippen MR) is 105 cm³/mol. The van der Waals surface area contributed by atoms with Crippen molar-refractivity contribution in [2.75, 3.05) is 4.90 Å². The van der Waals surface area contributed by atoms with Crippen molar-refractivity contribution in [3.63, 3.8) is 0 Å². The molecule has 4 rings (SSSR count). The van der Waals surface area contributed by atoms with Crippen LogP contribution in [0.15, 0.2) is 65.7 Å². The van der Waals surface area contributed by atoms with Crippen LogP contribution in [0.2, 0.25) is 0 Å². The smallest absolute Gasteiger partial charge is 0.248 e. The van der Waals surface area contributed by atoms with Gasteiger partial charge in [0.05, 0.1) is 38.8 Å². The third kappa shape index (κ3) is 2.63. The number of amides is 1. The van der Waals surface area contributed by atoms with E-state index in [1.54, 1.807) is 11.1 Å². The van der Waals surface area contributed by atoms with E-state index >= 15 is 0 Å². The third-order valence-corrected chi connectivity index (χ3v) is 6.92. The fraction of sp³-hybridized carbons (Fsp3) is 0.238. The van der Waals surface area contributed by atoms with Crippen LogP contribution in [0.25, 0.3) is 10.9 Å². The van der Waals surface area contributed by atoms with E-state index < -0.39 is 16.0 Å². The minimum absolute atomic E-state index is 0.0348. The number of aromatic nitrogens is 1. The molecule has 3 atom stereocenters. The van der Waals surface area contributed by atoms with E-state index in [-0.39, 0.29) is 11.8 Å². The molecule has 26 heavy (non-hydrogen) atoms. The quantitative estimate of drug-likeness (QED) is 0.690. The van der Waals surface area contributed by atoms with Crippen LogP contribution in [0.5, 0.6) is 0 Å². The van der Waals surface area contributed by atoms with Gasteiger partial charge in [0.2, 0.25) is 5.91 Å². The number of pyridine rings is 1. The molecule has 0 N–H and O–H groups in total. The van der Waals surface area contributed by atoms with Crippen molar-refractivity contribution in [2.24, 2.45) is 5.92 Å². The summed E-state index contributed by atoms with van der Waals surface area (Å²) in [7, 11) is -1.35. The van der Waals surface area contributed by atoms with Gasteiger partial charge in [0, 0.05) is 5.39 Å². The van der Waals surface area contributed by atoms with Gasteiger partial charge in [-0.25, -0.2) is 0 Å². The number of nitrogens with zero attached hydrogens (tertiary/aromatic N) is 2. The first kappa shape index (κ1) is 16.9. The minimum atomic E-state index is -1.35. The summed E-state index contributed by atoms with van der Waals surface area (Å²) in [5.41, 5.74) is 2.29. The van der Waals surface area contributed by atoms with Crippen LogP contribution in [0.1, 0.15) is 20.3 Å². The molecule has 1 aliphatic heterocycles. The summed E-state index contributed by atoms with van der Waals surface area (Å²) in [6.07, 6.45) is 2.52. The molecule has 0 bridgehead atoms. The molecule has 0 fully saturated rings. The largest absolute Gasteiger partial charge is 0.277 e. The number of carbonyl (C=O) groups is 1. The molecule has 1 aromatic heterocycles. The first-order valence-electron chi connectivity index (χ1n) is 8.80. The Kier molecular flexibility index (Phi) is 4.32. The molecule has 2 heterocycles. The predicted octanol–water partition coefficient (Wildman–Crippen LogP) is 4.44. The second-order valence-electron chi connectivity index (χ2n) is 6.63. The standard InChI is InChI=1S/C21H20N2O2S/c1-3-14(2)20-21(24)23(18-10-6-7-11-19(18)26(20)25)16-12-15-8-4-5-9-17(15)22-13-16/h4-14,20H,3H2,1-2H3. The van der Waals surface area contributed by atoms with Crippen LogP contribution in [0, 0.1) is 5.92 Å². The molecule has 132 valence electrons. The topological polar surface area (TPSA) is 50.3 Å². The average Bonchev–Trinajstić information content (AvgIpc) is 2.68. The van der Waals surface area contributed by atoms with Gasteiger partial charge in [-0.1, -0.05) is 50.6 Å². The Bertz CT molecular complexity index is 1020. The highest BCUT2D eigenvalue weighted by molar-refractivity contribution is 7.86. The molecule has 4 nitrogen and oxygen atoms in total. The Hall–Kier alpha value is -2.53. The van der Waals surface area contributed by atoms with Gasteiger partial charge in [-0.3, -0.25) is 18.9 Å². The Morgan fingerprint density at radius 1 is 1.15 bits per heavy atom. The molecule has 0 radical (unpaired) electrons. The van der Waals surface area contributed by atoms with Gasteiger partial charge in [-0.2, -0.15) is 0 Å². The fourth-order valence-electron chi connectivity index (χ4n) is 3.40. The van der Waals surface area contributed by atoms with Crippen LogP contribution in [-0.4, -0.2) is 20.3 Å². The maximum atomic E-state index is 13.3. The zero-order chi connectivity index (χ0) is 18.3. The van der Waals surface area contributed by atoms with Gasteiger partial charge in [0.1, 0.15) is 5.25 Å². The summed E-state index contributed by atoms with van der Waals surface area (Å²) in [5.74, 6) is -0.0823. The molecular formula is C21H20N2O2S. The van der Waals surface area contributed by atoms with Crippen molar-refractivity contribution in [1.29, 1.82) is 0 Å². The van der Waals surface area contributed by atoms with E-state index in [1.165, 1.54) is 0 Å². The lowest BCUT2D eigenvalue weighted by molar-refractivity contribution is -0.118. The van der Waals surface area contributed by atoms with Crippen molar-refractivity contribution in [3.8, 4) is 0 Å². The minimum Gasteiger partial charge on any atom is -0.277 e. The SMILES string of the molecule is CCC(C)C1C(=O)N(c2cnc3ccccc3c2)c2ccccc2S1=O. The lowest BCUT2D eigenvalue weighted by Gasteiger charge is -2.35. The van der Waals surface area contributed by atoms with E-state index in [4.69, 9.17) is 0 Å². The van der Waals surface area contributed by atoms with E-state index in [9.17, 15) is 9.00 Å². The molecule has 5 heteroatoms. The van der Waals surface area contributed by atoms with E-state index in [2.05, 4.69) is 4.98 Å². The summed E-state index contributed by atoms with van der Waals surface area (Å²) < 4.78 is 13.1. The van der Waals surface area contributed by atoms with Gasteiger partial charge in [0.25, 0.3) is 0 Å². The number of anilines is 2.